The molecular formula is C21H23N3O3S. The van der Waals surface area contributed by atoms with E-state index in [4.69, 9.17) is 0 Å². The molecule has 4 rings (SSSR count). The maximum atomic E-state index is 12.7. The van der Waals surface area contributed by atoms with Gasteiger partial charge in [-0.05, 0) is 30.5 Å². The van der Waals surface area contributed by atoms with Crippen molar-refractivity contribution in [1.82, 2.24) is 13.6 Å². The maximum absolute atomic E-state index is 12.7. The summed E-state index contributed by atoms with van der Waals surface area (Å²) in [6.07, 6.45) is 1.70. The number of hydrogen-bond donors (Lipinski definition) is 1. The van der Waals surface area contributed by atoms with Crippen molar-refractivity contribution in [1.29, 1.82) is 0 Å². The fourth-order valence-electron chi connectivity index (χ4n) is 3.59. The van der Waals surface area contributed by atoms with E-state index in [0.29, 0.717) is 6.54 Å². The van der Waals surface area contributed by atoms with Crippen molar-refractivity contribution in [3.05, 3.63) is 60.7 Å². The number of hydrogen-bond acceptors (Lipinski definition) is 3. The van der Waals surface area contributed by atoms with Crippen LogP contribution in [-0.4, -0.2) is 35.8 Å². The number of rotatable bonds is 7. The first-order valence-corrected chi connectivity index (χ1v) is 10.9. The summed E-state index contributed by atoms with van der Waals surface area (Å²) < 4.78 is 30.7. The van der Waals surface area contributed by atoms with Crippen molar-refractivity contribution >= 4 is 27.0 Å². The van der Waals surface area contributed by atoms with Crippen LogP contribution in [0.1, 0.15) is 19.8 Å². The molecule has 7 heteroatoms. The van der Waals surface area contributed by atoms with Gasteiger partial charge in [-0.2, -0.15) is 12.7 Å². The topological polar surface area (TPSA) is 71.4 Å². The van der Waals surface area contributed by atoms with Crippen LogP contribution >= 0.6 is 0 Å². The van der Waals surface area contributed by atoms with E-state index in [0.717, 1.165) is 35.0 Å². The molecule has 146 valence electrons. The first-order valence-electron chi connectivity index (χ1n) is 9.45. The lowest BCUT2D eigenvalue weighted by Crippen LogP contribution is -2.45. The average molecular weight is 398 g/mol. The van der Waals surface area contributed by atoms with Crippen LogP contribution in [0.25, 0.3) is 22.2 Å². The van der Waals surface area contributed by atoms with E-state index >= 15 is 0 Å². The lowest BCUT2D eigenvalue weighted by molar-refractivity contribution is -0.119. The molecule has 0 unspecified atom stereocenters. The quantitative estimate of drug-likeness (QED) is 0.666. The summed E-state index contributed by atoms with van der Waals surface area (Å²) in [5.41, 5.74) is 2.75. The second kappa shape index (κ2) is 7.41. The number of nitrogens with one attached hydrogen (secondary N) is 1. The summed E-state index contributed by atoms with van der Waals surface area (Å²) in [5.74, 6) is -0.544. The minimum atomic E-state index is -3.82. The monoisotopic (exact) mass is 397 g/mol. The number of para-hydroxylation sites is 1. The molecule has 2 aromatic carbocycles. The molecule has 1 aliphatic carbocycles. The van der Waals surface area contributed by atoms with E-state index < -0.39 is 16.1 Å². The third kappa shape index (κ3) is 3.68. The smallest absolute Gasteiger partial charge is 0.304 e. The maximum Gasteiger partial charge on any atom is 0.304 e. The summed E-state index contributed by atoms with van der Waals surface area (Å²) in [7, 11) is -3.82. The van der Waals surface area contributed by atoms with Gasteiger partial charge in [0.25, 0.3) is 5.91 Å². The molecule has 0 bridgehead atoms. The van der Waals surface area contributed by atoms with Gasteiger partial charge in [0.05, 0.1) is 0 Å². The highest BCUT2D eigenvalue weighted by molar-refractivity contribution is 7.87. The van der Waals surface area contributed by atoms with Crippen LogP contribution in [0.15, 0.2) is 60.7 Å². The van der Waals surface area contributed by atoms with Crippen LogP contribution in [0.4, 0.5) is 0 Å². The number of nitrogens with zero attached hydrogens (tertiary/aromatic N) is 2. The second-order valence-corrected chi connectivity index (χ2v) is 8.63. The van der Waals surface area contributed by atoms with Gasteiger partial charge in [0.15, 0.2) is 0 Å². The van der Waals surface area contributed by atoms with Gasteiger partial charge < -0.3 is 4.57 Å². The van der Waals surface area contributed by atoms with Crippen LogP contribution in [0.2, 0.25) is 0 Å². The molecule has 3 aromatic rings. The number of fused-ring (bicyclic) bond motifs is 1. The molecule has 0 aliphatic heterocycles. The number of amides is 1. The Morgan fingerprint density at radius 1 is 1.11 bits per heavy atom. The lowest BCUT2D eigenvalue weighted by Gasteiger charge is -2.20. The minimum Gasteiger partial charge on any atom is -0.331 e. The highest BCUT2D eigenvalue weighted by atomic mass is 32.2. The Hall–Kier alpha value is -2.64. The van der Waals surface area contributed by atoms with Crippen molar-refractivity contribution in [3.63, 3.8) is 0 Å². The zero-order valence-corrected chi connectivity index (χ0v) is 16.5. The van der Waals surface area contributed by atoms with E-state index in [2.05, 4.69) is 4.72 Å². The van der Waals surface area contributed by atoms with Gasteiger partial charge in [0.1, 0.15) is 6.54 Å². The van der Waals surface area contributed by atoms with Gasteiger partial charge in [-0.3, -0.25) is 4.79 Å². The Morgan fingerprint density at radius 3 is 2.46 bits per heavy atom. The van der Waals surface area contributed by atoms with Crippen LogP contribution in [-0.2, 0) is 21.5 Å². The number of carbonyl (C=O) groups excluding carboxylic acids is 1. The minimum absolute atomic E-state index is 0.0163. The van der Waals surface area contributed by atoms with Gasteiger partial charge in [-0.15, -0.1) is 0 Å². The van der Waals surface area contributed by atoms with Crippen LogP contribution in [0.3, 0.4) is 0 Å². The Kier molecular flexibility index (Phi) is 4.95. The van der Waals surface area contributed by atoms with E-state index in [-0.39, 0.29) is 12.6 Å². The third-order valence-electron chi connectivity index (χ3n) is 5.00. The van der Waals surface area contributed by atoms with Crippen molar-refractivity contribution < 1.29 is 13.2 Å². The number of aromatic nitrogens is 1. The summed E-state index contributed by atoms with van der Waals surface area (Å²) in [6, 6.07) is 19.6. The highest BCUT2D eigenvalue weighted by Gasteiger charge is 2.36. The zero-order valence-electron chi connectivity index (χ0n) is 15.7. The average Bonchev–Trinajstić information content (AvgIpc) is 3.44. The predicted molar refractivity (Wildman–Crippen MR) is 110 cm³/mol. The first kappa shape index (κ1) is 18.7. The van der Waals surface area contributed by atoms with Gasteiger partial charge >= 0.3 is 10.2 Å². The Morgan fingerprint density at radius 2 is 1.79 bits per heavy atom. The molecule has 0 atom stereocenters. The van der Waals surface area contributed by atoms with Crippen molar-refractivity contribution in [2.75, 3.05) is 6.54 Å². The van der Waals surface area contributed by atoms with Gasteiger partial charge in [-0.1, -0.05) is 55.5 Å². The molecule has 1 saturated carbocycles. The molecule has 1 heterocycles. The zero-order chi connectivity index (χ0) is 19.7. The van der Waals surface area contributed by atoms with E-state index in [9.17, 15) is 13.2 Å². The molecule has 0 radical (unpaired) electrons. The molecule has 0 spiro atoms. The van der Waals surface area contributed by atoms with Gasteiger partial charge in [-0.25, -0.2) is 4.72 Å². The summed E-state index contributed by atoms with van der Waals surface area (Å²) >= 11 is 0. The molecule has 1 amide bonds. The van der Waals surface area contributed by atoms with Crippen LogP contribution in [0.5, 0.6) is 0 Å². The molecule has 1 fully saturated rings. The molecular weight excluding hydrogens is 374 g/mol. The van der Waals surface area contributed by atoms with E-state index in [1.54, 1.807) is 6.92 Å². The summed E-state index contributed by atoms with van der Waals surface area (Å²) in [6.45, 7) is 2.07. The molecule has 1 aromatic heterocycles. The summed E-state index contributed by atoms with van der Waals surface area (Å²) in [4.78, 5) is 12.7. The van der Waals surface area contributed by atoms with Gasteiger partial charge in [0, 0.05) is 29.2 Å². The van der Waals surface area contributed by atoms with Crippen molar-refractivity contribution in [2.24, 2.45) is 0 Å². The molecule has 1 aliphatic rings. The first-order chi connectivity index (χ1) is 13.5. The van der Waals surface area contributed by atoms with Crippen molar-refractivity contribution in [2.45, 2.75) is 32.4 Å². The second-order valence-electron chi connectivity index (χ2n) is 7.01. The normalized spacial score (nSPS) is 14.5. The highest BCUT2D eigenvalue weighted by Crippen LogP contribution is 2.29. The predicted octanol–water partition coefficient (Wildman–Crippen LogP) is 3.15. The van der Waals surface area contributed by atoms with Crippen LogP contribution in [0, 0.1) is 0 Å². The number of benzene rings is 2. The lowest BCUT2D eigenvalue weighted by atomic mass is 10.1. The Labute approximate surface area is 165 Å². The SMILES string of the molecule is CCN(C1CC1)S(=O)(=O)NC(=O)Cn1c(-c2ccccc2)cc2ccccc21. The Bertz CT molecular complexity index is 1100. The van der Waals surface area contributed by atoms with E-state index in [1.165, 1.54) is 4.31 Å². The Balaban J connectivity index is 1.65. The summed E-state index contributed by atoms with van der Waals surface area (Å²) in [5, 5.41) is 1.00. The number of carbonyl (C=O) groups is 1. The molecule has 0 saturated heterocycles. The van der Waals surface area contributed by atoms with Crippen LogP contribution < -0.4 is 4.72 Å². The fraction of sp³-hybridized carbons (Fsp3) is 0.286. The third-order valence-corrected chi connectivity index (χ3v) is 6.66. The largest absolute Gasteiger partial charge is 0.331 e. The standard InChI is InChI=1S/C21H23N3O3S/c1-2-24(18-12-13-18)28(26,27)22-21(25)15-23-19-11-7-6-10-17(19)14-20(23)16-8-4-3-5-9-16/h3-11,14,18H,2,12-13,15H2,1H3,(H,22,25). The molecule has 1 N–H and O–H groups in total. The molecule has 6 nitrogen and oxygen atoms in total. The molecule has 28 heavy (non-hydrogen) atoms. The fourth-order valence-corrected chi connectivity index (χ4v) is 5.01. The van der Waals surface area contributed by atoms with Crippen molar-refractivity contribution in [3.8, 4) is 11.3 Å². The van der Waals surface area contributed by atoms with Gasteiger partial charge in [0.2, 0.25) is 0 Å². The van der Waals surface area contributed by atoms with E-state index in [1.807, 2.05) is 65.2 Å².